The quantitative estimate of drug-likeness (QED) is 0.763. The minimum Gasteiger partial charge on any atom is -0.424 e. The fourth-order valence-electron chi connectivity index (χ4n) is 1.87. The summed E-state index contributed by atoms with van der Waals surface area (Å²) in [5.41, 5.74) is 1.61. The van der Waals surface area contributed by atoms with Gasteiger partial charge in [-0.3, -0.25) is 0 Å². The molecule has 3 rings (SSSR count). The SMILES string of the molecule is CC(Nc1nc2ccccc2o1)c1nncn1C. The second kappa shape index (κ2) is 4.14. The van der Waals surface area contributed by atoms with Gasteiger partial charge in [0.1, 0.15) is 11.8 Å². The zero-order valence-electron chi connectivity index (χ0n) is 10.2. The van der Waals surface area contributed by atoms with Gasteiger partial charge in [0.05, 0.1) is 6.04 Å². The molecule has 6 heteroatoms. The van der Waals surface area contributed by atoms with Gasteiger partial charge in [-0.25, -0.2) is 0 Å². The molecule has 1 atom stereocenters. The largest absolute Gasteiger partial charge is 0.424 e. The molecule has 1 N–H and O–H groups in total. The van der Waals surface area contributed by atoms with Gasteiger partial charge in [-0.05, 0) is 19.1 Å². The van der Waals surface area contributed by atoms with Crippen LogP contribution in [0.15, 0.2) is 35.0 Å². The van der Waals surface area contributed by atoms with E-state index in [1.54, 1.807) is 6.33 Å². The molecule has 0 radical (unpaired) electrons. The van der Waals surface area contributed by atoms with Crippen LogP contribution in [0.4, 0.5) is 6.01 Å². The Morgan fingerprint density at radius 2 is 2.17 bits per heavy atom. The lowest BCUT2D eigenvalue weighted by Gasteiger charge is -2.10. The van der Waals surface area contributed by atoms with Crippen molar-refractivity contribution in [3.8, 4) is 0 Å². The number of rotatable bonds is 3. The van der Waals surface area contributed by atoms with Gasteiger partial charge in [0.25, 0.3) is 6.01 Å². The summed E-state index contributed by atoms with van der Waals surface area (Å²) in [6.07, 6.45) is 1.67. The molecule has 0 amide bonds. The monoisotopic (exact) mass is 243 g/mol. The van der Waals surface area contributed by atoms with Crippen molar-refractivity contribution in [2.75, 3.05) is 5.32 Å². The van der Waals surface area contributed by atoms with Gasteiger partial charge in [-0.15, -0.1) is 10.2 Å². The number of benzene rings is 1. The molecule has 0 aliphatic carbocycles. The Hall–Kier alpha value is -2.37. The first-order valence-electron chi connectivity index (χ1n) is 5.70. The number of oxazole rings is 1. The van der Waals surface area contributed by atoms with Crippen molar-refractivity contribution >= 4 is 17.1 Å². The Balaban J connectivity index is 1.86. The number of aromatic nitrogens is 4. The van der Waals surface area contributed by atoms with Gasteiger partial charge in [0.15, 0.2) is 11.4 Å². The van der Waals surface area contributed by atoms with Gasteiger partial charge in [-0.2, -0.15) is 4.98 Å². The molecule has 6 nitrogen and oxygen atoms in total. The van der Waals surface area contributed by atoms with Crippen LogP contribution in [0.25, 0.3) is 11.1 Å². The Kier molecular flexibility index (Phi) is 2.47. The minimum atomic E-state index is -0.0226. The summed E-state index contributed by atoms with van der Waals surface area (Å²) in [6, 6.07) is 8.12. The number of fused-ring (bicyclic) bond motifs is 1. The predicted molar refractivity (Wildman–Crippen MR) is 67.0 cm³/mol. The van der Waals surface area contributed by atoms with Crippen molar-refractivity contribution in [3.05, 3.63) is 36.4 Å². The summed E-state index contributed by atoms with van der Waals surface area (Å²) in [7, 11) is 1.90. The Morgan fingerprint density at radius 3 is 2.89 bits per heavy atom. The molecule has 0 bridgehead atoms. The summed E-state index contributed by atoms with van der Waals surface area (Å²) >= 11 is 0. The lowest BCUT2D eigenvalue weighted by Crippen LogP contribution is -2.11. The van der Waals surface area contributed by atoms with E-state index >= 15 is 0 Å². The van der Waals surface area contributed by atoms with Crippen LogP contribution in [-0.2, 0) is 7.05 Å². The van der Waals surface area contributed by atoms with Gasteiger partial charge >= 0.3 is 0 Å². The van der Waals surface area contributed by atoms with E-state index in [1.807, 2.05) is 42.8 Å². The Labute approximate surface area is 104 Å². The van der Waals surface area contributed by atoms with E-state index in [0.29, 0.717) is 6.01 Å². The van der Waals surface area contributed by atoms with Crippen molar-refractivity contribution in [2.45, 2.75) is 13.0 Å². The molecule has 92 valence electrons. The van der Waals surface area contributed by atoms with Crippen LogP contribution in [-0.4, -0.2) is 19.7 Å². The molecule has 0 aliphatic rings. The van der Waals surface area contributed by atoms with Gasteiger partial charge in [0, 0.05) is 7.05 Å². The lowest BCUT2D eigenvalue weighted by molar-refractivity contribution is 0.594. The average molecular weight is 243 g/mol. The summed E-state index contributed by atoms with van der Waals surface area (Å²) in [5.74, 6) is 0.831. The van der Waals surface area contributed by atoms with Gasteiger partial charge in [-0.1, -0.05) is 12.1 Å². The van der Waals surface area contributed by atoms with Crippen molar-refractivity contribution < 1.29 is 4.42 Å². The number of anilines is 1. The third-order valence-corrected chi connectivity index (χ3v) is 2.77. The molecular formula is C12H13N5O. The predicted octanol–water partition coefficient (Wildman–Crippen LogP) is 2.13. The first kappa shape index (κ1) is 10.8. The van der Waals surface area contributed by atoms with Crippen LogP contribution < -0.4 is 5.32 Å². The number of nitrogens with one attached hydrogen (secondary N) is 1. The summed E-state index contributed by atoms with van der Waals surface area (Å²) in [4.78, 5) is 4.36. The van der Waals surface area contributed by atoms with E-state index in [2.05, 4.69) is 20.5 Å². The van der Waals surface area contributed by atoms with E-state index in [4.69, 9.17) is 4.42 Å². The van der Waals surface area contributed by atoms with Crippen molar-refractivity contribution in [1.29, 1.82) is 0 Å². The molecule has 18 heavy (non-hydrogen) atoms. The van der Waals surface area contributed by atoms with E-state index in [9.17, 15) is 0 Å². The highest BCUT2D eigenvalue weighted by Gasteiger charge is 2.14. The Bertz CT molecular complexity index is 639. The molecule has 0 spiro atoms. The summed E-state index contributed by atoms with van der Waals surface area (Å²) in [6.45, 7) is 1.98. The van der Waals surface area contributed by atoms with Crippen LogP contribution in [0.5, 0.6) is 0 Å². The maximum Gasteiger partial charge on any atom is 0.296 e. The highest BCUT2D eigenvalue weighted by molar-refractivity contribution is 5.74. The molecular weight excluding hydrogens is 230 g/mol. The molecule has 3 aromatic rings. The average Bonchev–Trinajstić information content (AvgIpc) is 2.94. The van der Waals surface area contributed by atoms with Gasteiger partial charge in [0.2, 0.25) is 0 Å². The zero-order valence-corrected chi connectivity index (χ0v) is 10.2. The lowest BCUT2D eigenvalue weighted by atomic mass is 10.3. The maximum absolute atomic E-state index is 5.60. The maximum atomic E-state index is 5.60. The molecule has 0 saturated heterocycles. The second-order valence-electron chi connectivity index (χ2n) is 4.15. The first-order valence-corrected chi connectivity index (χ1v) is 5.70. The fourth-order valence-corrected chi connectivity index (χ4v) is 1.87. The second-order valence-corrected chi connectivity index (χ2v) is 4.15. The van der Waals surface area contributed by atoms with Crippen LogP contribution in [0, 0.1) is 0 Å². The summed E-state index contributed by atoms with van der Waals surface area (Å²) in [5, 5.41) is 11.1. The fraction of sp³-hybridized carbons (Fsp3) is 0.250. The number of hydrogen-bond acceptors (Lipinski definition) is 5. The number of nitrogens with zero attached hydrogens (tertiary/aromatic N) is 4. The molecule has 0 aliphatic heterocycles. The van der Waals surface area contributed by atoms with Crippen LogP contribution in [0.3, 0.4) is 0 Å². The number of aryl methyl sites for hydroxylation is 1. The van der Waals surface area contributed by atoms with Crippen LogP contribution in [0.2, 0.25) is 0 Å². The van der Waals surface area contributed by atoms with Crippen molar-refractivity contribution in [2.24, 2.45) is 7.05 Å². The molecule has 1 aromatic carbocycles. The molecule has 2 heterocycles. The number of para-hydroxylation sites is 2. The molecule has 0 saturated carbocycles. The number of hydrogen-bond donors (Lipinski definition) is 1. The highest BCUT2D eigenvalue weighted by atomic mass is 16.4. The van der Waals surface area contributed by atoms with Crippen LogP contribution >= 0.6 is 0 Å². The highest BCUT2D eigenvalue weighted by Crippen LogP contribution is 2.21. The minimum absolute atomic E-state index is 0.0226. The standard InChI is InChI=1S/C12H13N5O/c1-8(11-16-13-7-17(11)2)14-12-15-9-5-3-4-6-10(9)18-12/h3-8H,1-2H3,(H,14,15). The van der Waals surface area contributed by atoms with Crippen molar-refractivity contribution in [1.82, 2.24) is 19.7 Å². The molecule has 1 unspecified atom stereocenters. The first-order chi connectivity index (χ1) is 8.74. The van der Waals surface area contributed by atoms with E-state index in [-0.39, 0.29) is 6.04 Å². The van der Waals surface area contributed by atoms with E-state index in [1.165, 1.54) is 0 Å². The Morgan fingerprint density at radius 1 is 1.33 bits per heavy atom. The molecule has 0 fully saturated rings. The van der Waals surface area contributed by atoms with Crippen LogP contribution in [0.1, 0.15) is 18.8 Å². The third-order valence-electron chi connectivity index (χ3n) is 2.77. The molecule has 2 aromatic heterocycles. The zero-order chi connectivity index (χ0) is 12.5. The van der Waals surface area contributed by atoms with Gasteiger partial charge < -0.3 is 14.3 Å². The van der Waals surface area contributed by atoms with Crippen molar-refractivity contribution in [3.63, 3.8) is 0 Å². The smallest absolute Gasteiger partial charge is 0.296 e. The topological polar surface area (TPSA) is 68.8 Å². The van der Waals surface area contributed by atoms with E-state index < -0.39 is 0 Å². The van der Waals surface area contributed by atoms with E-state index in [0.717, 1.165) is 16.9 Å². The third kappa shape index (κ3) is 1.81. The normalized spacial score (nSPS) is 12.8. The summed E-state index contributed by atoms with van der Waals surface area (Å²) < 4.78 is 7.46.